The molecule has 0 aliphatic rings. The van der Waals surface area contributed by atoms with E-state index in [2.05, 4.69) is 27.3 Å². The zero-order valence-corrected chi connectivity index (χ0v) is 11.2. The standard InChI is InChI=1S/C14H12BrN3/c15-12-5-6-14(11(7-12)8-16)18-9-10-3-1-2-4-13(10)17/h1-7,18H,9,17H2. The second-order valence-electron chi connectivity index (χ2n) is 3.85. The predicted octanol–water partition coefficient (Wildman–Crippen LogP) is 3.52. The zero-order chi connectivity index (χ0) is 13.0. The number of halogens is 1. The van der Waals surface area contributed by atoms with Crippen molar-refractivity contribution in [2.75, 3.05) is 11.1 Å². The lowest BCUT2D eigenvalue weighted by molar-refractivity contribution is 1.15. The van der Waals surface area contributed by atoms with E-state index in [1.54, 1.807) is 6.07 Å². The number of nitriles is 1. The van der Waals surface area contributed by atoms with Gasteiger partial charge in [-0.1, -0.05) is 34.1 Å². The molecule has 0 saturated carbocycles. The highest BCUT2D eigenvalue weighted by Gasteiger charge is 2.03. The Labute approximate surface area is 114 Å². The molecule has 0 aliphatic heterocycles. The molecule has 0 radical (unpaired) electrons. The Morgan fingerprint density at radius 1 is 1.22 bits per heavy atom. The minimum Gasteiger partial charge on any atom is -0.398 e. The molecule has 0 heterocycles. The number of nitrogens with zero attached hydrogens (tertiary/aromatic N) is 1. The van der Waals surface area contributed by atoms with E-state index in [0.717, 1.165) is 21.4 Å². The molecule has 0 saturated heterocycles. The number of nitrogens with two attached hydrogens (primary N) is 1. The molecule has 0 amide bonds. The molecule has 2 rings (SSSR count). The fraction of sp³-hybridized carbons (Fsp3) is 0.0714. The summed E-state index contributed by atoms with van der Waals surface area (Å²) in [6.45, 7) is 0.600. The molecule has 4 heteroatoms. The molecule has 0 spiro atoms. The van der Waals surface area contributed by atoms with Crippen LogP contribution in [0.4, 0.5) is 11.4 Å². The summed E-state index contributed by atoms with van der Waals surface area (Å²) in [4.78, 5) is 0. The van der Waals surface area contributed by atoms with Crippen LogP contribution in [-0.2, 0) is 6.54 Å². The zero-order valence-electron chi connectivity index (χ0n) is 9.65. The Hall–Kier alpha value is -1.99. The molecule has 0 aliphatic carbocycles. The van der Waals surface area contributed by atoms with Gasteiger partial charge in [-0.3, -0.25) is 0 Å². The van der Waals surface area contributed by atoms with E-state index in [1.807, 2.05) is 36.4 Å². The second kappa shape index (κ2) is 5.56. The third kappa shape index (κ3) is 2.82. The highest BCUT2D eigenvalue weighted by Crippen LogP contribution is 2.21. The summed E-state index contributed by atoms with van der Waals surface area (Å²) in [6, 6.07) is 15.4. The molecule has 0 bridgehead atoms. The molecule has 2 aromatic carbocycles. The van der Waals surface area contributed by atoms with Crippen LogP contribution in [0.15, 0.2) is 46.9 Å². The van der Waals surface area contributed by atoms with Crippen LogP contribution in [0.25, 0.3) is 0 Å². The highest BCUT2D eigenvalue weighted by molar-refractivity contribution is 9.10. The van der Waals surface area contributed by atoms with Gasteiger partial charge in [0.25, 0.3) is 0 Å². The number of nitrogen functional groups attached to an aromatic ring is 1. The number of hydrogen-bond donors (Lipinski definition) is 2. The first kappa shape index (κ1) is 12.5. The maximum absolute atomic E-state index is 9.06. The van der Waals surface area contributed by atoms with Crippen LogP contribution in [0.2, 0.25) is 0 Å². The lowest BCUT2D eigenvalue weighted by atomic mass is 10.1. The van der Waals surface area contributed by atoms with Crippen LogP contribution in [0.5, 0.6) is 0 Å². The van der Waals surface area contributed by atoms with Crippen molar-refractivity contribution in [3.05, 3.63) is 58.1 Å². The fourth-order valence-corrected chi connectivity index (χ4v) is 2.01. The van der Waals surface area contributed by atoms with Gasteiger partial charge in [-0.05, 0) is 29.8 Å². The molecule has 3 nitrogen and oxygen atoms in total. The van der Waals surface area contributed by atoms with Crippen LogP contribution in [0, 0.1) is 11.3 Å². The quantitative estimate of drug-likeness (QED) is 0.853. The van der Waals surface area contributed by atoms with Crippen LogP contribution in [0.3, 0.4) is 0 Å². The fourth-order valence-electron chi connectivity index (χ4n) is 1.65. The van der Waals surface area contributed by atoms with E-state index in [4.69, 9.17) is 11.0 Å². The molecule has 0 fully saturated rings. The SMILES string of the molecule is N#Cc1cc(Br)ccc1NCc1ccccc1N. The van der Waals surface area contributed by atoms with Crippen molar-refractivity contribution in [1.29, 1.82) is 5.26 Å². The maximum atomic E-state index is 9.06. The molecule has 0 unspecified atom stereocenters. The van der Waals surface area contributed by atoms with Crippen LogP contribution in [-0.4, -0.2) is 0 Å². The largest absolute Gasteiger partial charge is 0.398 e. The summed E-state index contributed by atoms with van der Waals surface area (Å²) >= 11 is 3.35. The Morgan fingerprint density at radius 2 is 2.00 bits per heavy atom. The van der Waals surface area contributed by atoms with E-state index in [0.29, 0.717) is 12.1 Å². The van der Waals surface area contributed by atoms with Crippen molar-refractivity contribution in [3.8, 4) is 6.07 Å². The molecule has 3 N–H and O–H groups in total. The van der Waals surface area contributed by atoms with Gasteiger partial charge in [0, 0.05) is 16.7 Å². The van der Waals surface area contributed by atoms with Crippen molar-refractivity contribution < 1.29 is 0 Å². The lowest BCUT2D eigenvalue weighted by Gasteiger charge is -2.10. The van der Waals surface area contributed by atoms with Gasteiger partial charge < -0.3 is 11.1 Å². The second-order valence-corrected chi connectivity index (χ2v) is 4.77. The number of hydrogen-bond acceptors (Lipinski definition) is 3. The van der Waals surface area contributed by atoms with Gasteiger partial charge in [-0.15, -0.1) is 0 Å². The maximum Gasteiger partial charge on any atom is 0.101 e. The summed E-state index contributed by atoms with van der Waals surface area (Å²) in [7, 11) is 0. The van der Waals surface area contributed by atoms with Gasteiger partial charge in [0.05, 0.1) is 11.3 Å². The molecular weight excluding hydrogens is 290 g/mol. The smallest absolute Gasteiger partial charge is 0.101 e. The number of nitrogens with one attached hydrogen (secondary N) is 1. The molecule has 90 valence electrons. The monoisotopic (exact) mass is 301 g/mol. The van der Waals surface area contributed by atoms with E-state index >= 15 is 0 Å². The van der Waals surface area contributed by atoms with Crippen LogP contribution >= 0.6 is 15.9 Å². The van der Waals surface area contributed by atoms with Crippen molar-refractivity contribution in [3.63, 3.8) is 0 Å². The lowest BCUT2D eigenvalue weighted by Crippen LogP contribution is -2.03. The van der Waals surface area contributed by atoms with Crippen molar-refractivity contribution in [2.24, 2.45) is 0 Å². The minimum absolute atomic E-state index is 0.600. The highest BCUT2D eigenvalue weighted by atomic mass is 79.9. The van der Waals surface area contributed by atoms with E-state index in [9.17, 15) is 0 Å². The Balaban J connectivity index is 2.16. The van der Waals surface area contributed by atoms with Gasteiger partial charge in [0.1, 0.15) is 6.07 Å². The topological polar surface area (TPSA) is 61.8 Å². The van der Waals surface area contributed by atoms with Crippen molar-refractivity contribution >= 4 is 27.3 Å². The Bertz CT molecular complexity index is 602. The summed E-state index contributed by atoms with van der Waals surface area (Å²) in [6.07, 6.45) is 0. The van der Waals surface area contributed by atoms with Gasteiger partial charge in [-0.25, -0.2) is 0 Å². The summed E-state index contributed by atoms with van der Waals surface area (Å²) < 4.78 is 0.892. The van der Waals surface area contributed by atoms with E-state index in [-0.39, 0.29) is 0 Å². The van der Waals surface area contributed by atoms with E-state index < -0.39 is 0 Å². The summed E-state index contributed by atoms with van der Waals surface area (Å²) in [5, 5.41) is 12.3. The molecular formula is C14H12BrN3. The predicted molar refractivity (Wildman–Crippen MR) is 77.0 cm³/mol. The van der Waals surface area contributed by atoms with Gasteiger partial charge in [-0.2, -0.15) is 5.26 Å². The molecule has 0 atom stereocenters. The average Bonchev–Trinajstić information content (AvgIpc) is 2.39. The molecule has 18 heavy (non-hydrogen) atoms. The number of rotatable bonds is 3. The molecule has 0 aromatic heterocycles. The third-order valence-electron chi connectivity index (χ3n) is 2.63. The van der Waals surface area contributed by atoms with Gasteiger partial charge >= 0.3 is 0 Å². The van der Waals surface area contributed by atoms with Gasteiger partial charge in [0.15, 0.2) is 0 Å². The first-order valence-corrected chi connectivity index (χ1v) is 6.27. The molecule has 2 aromatic rings. The Kier molecular flexibility index (Phi) is 3.85. The van der Waals surface area contributed by atoms with E-state index in [1.165, 1.54) is 0 Å². The number of para-hydroxylation sites is 1. The number of anilines is 2. The van der Waals surface area contributed by atoms with Crippen molar-refractivity contribution in [1.82, 2.24) is 0 Å². The minimum atomic E-state index is 0.600. The normalized spacial score (nSPS) is 9.78. The summed E-state index contributed by atoms with van der Waals surface area (Å²) in [5.41, 5.74) is 9.05. The third-order valence-corrected chi connectivity index (χ3v) is 3.12. The Morgan fingerprint density at radius 3 is 2.72 bits per heavy atom. The van der Waals surface area contributed by atoms with Crippen molar-refractivity contribution in [2.45, 2.75) is 6.54 Å². The van der Waals surface area contributed by atoms with Crippen LogP contribution < -0.4 is 11.1 Å². The average molecular weight is 302 g/mol. The number of benzene rings is 2. The summed E-state index contributed by atoms with van der Waals surface area (Å²) in [5.74, 6) is 0. The van der Waals surface area contributed by atoms with Gasteiger partial charge in [0.2, 0.25) is 0 Å². The van der Waals surface area contributed by atoms with Crippen LogP contribution in [0.1, 0.15) is 11.1 Å². The first-order valence-electron chi connectivity index (χ1n) is 5.47. The first-order chi connectivity index (χ1) is 8.70.